The standard InChI is InChI=1S/C36H38F6N4O4/c37-35(38,39)29-9-3-25(4-10-29)22-45-19-15-34(16-20-45)24-46(33(48)50-34)23-27-1-7-28(8-2-27)32(47)43-30-13-17-44(18-14-30)21-26-5-11-31(12-6-26)49-36(40,41)42/h1-12,30H,13-24H2,(H,43,47). The molecule has 3 aromatic rings. The molecule has 3 aliphatic heterocycles. The molecule has 8 nitrogen and oxygen atoms in total. The number of carbonyl (C=O) groups is 2. The third kappa shape index (κ3) is 9.27. The van der Waals surface area contributed by atoms with E-state index in [2.05, 4.69) is 19.9 Å². The van der Waals surface area contributed by atoms with Crippen LogP contribution >= 0.6 is 0 Å². The zero-order valence-corrected chi connectivity index (χ0v) is 27.2. The fourth-order valence-electron chi connectivity index (χ4n) is 6.79. The highest BCUT2D eigenvalue weighted by Crippen LogP contribution is 2.35. The number of nitrogens with one attached hydrogen (secondary N) is 1. The van der Waals surface area contributed by atoms with Crippen molar-refractivity contribution in [3.05, 3.63) is 101 Å². The second-order valence-electron chi connectivity index (χ2n) is 13.3. The van der Waals surface area contributed by atoms with E-state index in [1.807, 2.05) is 12.1 Å². The molecule has 0 bridgehead atoms. The van der Waals surface area contributed by atoms with Crippen LogP contribution in [0.15, 0.2) is 72.8 Å². The van der Waals surface area contributed by atoms with Crippen molar-refractivity contribution in [3.8, 4) is 5.75 Å². The first-order valence-corrected chi connectivity index (χ1v) is 16.6. The lowest BCUT2D eigenvalue weighted by atomic mass is 9.91. The van der Waals surface area contributed by atoms with E-state index in [9.17, 15) is 35.9 Å². The lowest BCUT2D eigenvalue weighted by molar-refractivity contribution is -0.274. The van der Waals surface area contributed by atoms with Crippen LogP contribution in [0.4, 0.5) is 31.1 Å². The molecule has 2 amide bonds. The third-order valence-corrected chi connectivity index (χ3v) is 9.57. The zero-order chi connectivity index (χ0) is 35.5. The molecule has 3 heterocycles. The van der Waals surface area contributed by atoms with Crippen molar-refractivity contribution in [1.82, 2.24) is 20.0 Å². The van der Waals surface area contributed by atoms with Gasteiger partial charge >= 0.3 is 18.6 Å². The maximum absolute atomic E-state index is 13.0. The Kier molecular flexibility index (Phi) is 10.3. The molecule has 0 aromatic heterocycles. The summed E-state index contributed by atoms with van der Waals surface area (Å²) in [4.78, 5) is 31.8. The van der Waals surface area contributed by atoms with Gasteiger partial charge in [0.05, 0.1) is 12.1 Å². The lowest BCUT2D eigenvalue weighted by Crippen LogP contribution is -2.46. The molecule has 0 aliphatic carbocycles. The van der Waals surface area contributed by atoms with Crippen LogP contribution in [0.1, 0.15) is 58.3 Å². The van der Waals surface area contributed by atoms with Gasteiger partial charge in [-0.3, -0.25) is 19.5 Å². The number of carbonyl (C=O) groups excluding carboxylic acids is 2. The number of hydrogen-bond acceptors (Lipinski definition) is 6. The van der Waals surface area contributed by atoms with Crippen molar-refractivity contribution < 1.29 is 45.4 Å². The van der Waals surface area contributed by atoms with Crippen LogP contribution in [-0.2, 0) is 30.5 Å². The predicted octanol–water partition coefficient (Wildman–Crippen LogP) is 6.99. The molecule has 1 spiro atoms. The molecule has 3 aromatic carbocycles. The number of alkyl halides is 6. The van der Waals surface area contributed by atoms with Gasteiger partial charge in [-0.05, 0) is 65.9 Å². The van der Waals surface area contributed by atoms with Crippen LogP contribution in [-0.4, -0.2) is 77.4 Å². The number of piperidine rings is 2. The van der Waals surface area contributed by atoms with Crippen molar-refractivity contribution >= 4 is 12.0 Å². The van der Waals surface area contributed by atoms with Crippen LogP contribution in [0.25, 0.3) is 0 Å². The maximum atomic E-state index is 13.0. The van der Waals surface area contributed by atoms with E-state index in [0.717, 1.165) is 54.8 Å². The summed E-state index contributed by atoms with van der Waals surface area (Å²) < 4.78 is 85.6. The van der Waals surface area contributed by atoms with Crippen molar-refractivity contribution in [1.29, 1.82) is 0 Å². The Morgan fingerprint density at radius 2 is 1.28 bits per heavy atom. The molecule has 0 saturated carbocycles. The minimum Gasteiger partial charge on any atom is -0.441 e. The van der Waals surface area contributed by atoms with E-state index in [4.69, 9.17) is 4.74 Å². The fourth-order valence-corrected chi connectivity index (χ4v) is 6.79. The third-order valence-electron chi connectivity index (χ3n) is 9.57. The number of likely N-dealkylation sites (tertiary alicyclic amines) is 2. The van der Waals surface area contributed by atoms with Crippen LogP contribution in [0.3, 0.4) is 0 Å². The molecular formula is C36H38F6N4O4. The molecule has 3 saturated heterocycles. The van der Waals surface area contributed by atoms with Crippen LogP contribution in [0.2, 0.25) is 0 Å². The summed E-state index contributed by atoms with van der Waals surface area (Å²) in [5.41, 5.74) is 1.78. The molecule has 268 valence electrons. The topological polar surface area (TPSA) is 74.4 Å². The van der Waals surface area contributed by atoms with Gasteiger partial charge in [0.15, 0.2) is 0 Å². The maximum Gasteiger partial charge on any atom is 0.573 e. The molecule has 1 N–H and O–H groups in total. The van der Waals surface area contributed by atoms with Gasteiger partial charge in [0, 0.05) is 70.3 Å². The van der Waals surface area contributed by atoms with E-state index in [1.165, 1.54) is 24.3 Å². The molecular weight excluding hydrogens is 666 g/mol. The molecule has 14 heteroatoms. The van der Waals surface area contributed by atoms with Crippen molar-refractivity contribution in [2.75, 3.05) is 32.7 Å². The monoisotopic (exact) mass is 704 g/mol. The molecule has 3 aliphatic rings. The van der Waals surface area contributed by atoms with Gasteiger partial charge in [-0.25, -0.2) is 4.79 Å². The summed E-state index contributed by atoms with van der Waals surface area (Å²) in [6, 6.07) is 18.2. The van der Waals surface area contributed by atoms with Crippen LogP contribution in [0.5, 0.6) is 5.75 Å². The van der Waals surface area contributed by atoms with Gasteiger partial charge in [0.25, 0.3) is 5.91 Å². The molecule has 0 atom stereocenters. The molecule has 3 fully saturated rings. The van der Waals surface area contributed by atoms with E-state index in [1.54, 1.807) is 29.2 Å². The normalized spacial score (nSPS) is 19.1. The summed E-state index contributed by atoms with van der Waals surface area (Å²) in [6.45, 7) is 4.67. The van der Waals surface area contributed by atoms with Gasteiger partial charge in [0.2, 0.25) is 0 Å². The van der Waals surface area contributed by atoms with Crippen molar-refractivity contribution in [2.24, 2.45) is 0 Å². The Hall–Kier alpha value is -4.30. The van der Waals surface area contributed by atoms with Gasteiger partial charge < -0.3 is 14.8 Å². The van der Waals surface area contributed by atoms with E-state index in [0.29, 0.717) is 57.7 Å². The fraction of sp³-hybridized carbons (Fsp3) is 0.444. The average Bonchev–Trinajstić information content (AvgIpc) is 3.37. The van der Waals surface area contributed by atoms with E-state index < -0.39 is 23.7 Å². The Morgan fingerprint density at radius 1 is 0.760 bits per heavy atom. The van der Waals surface area contributed by atoms with Gasteiger partial charge in [-0.1, -0.05) is 36.4 Å². The zero-order valence-electron chi connectivity index (χ0n) is 27.2. The minimum absolute atomic E-state index is 0.00194. The van der Waals surface area contributed by atoms with Crippen LogP contribution < -0.4 is 10.1 Å². The van der Waals surface area contributed by atoms with Gasteiger partial charge in [0.1, 0.15) is 11.4 Å². The summed E-state index contributed by atoms with van der Waals surface area (Å²) >= 11 is 0. The number of hydrogen-bond donors (Lipinski definition) is 1. The quantitative estimate of drug-likeness (QED) is 0.243. The smallest absolute Gasteiger partial charge is 0.441 e. The lowest BCUT2D eigenvalue weighted by Gasteiger charge is -2.37. The number of amides is 2. The first kappa shape index (κ1) is 35.5. The Balaban J connectivity index is 0.918. The Bertz CT molecular complexity index is 1610. The highest BCUT2D eigenvalue weighted by atomic mass is 19.4. The molecule has 0 unspecified atom stereocenters. The SMILES string of the molecule is O=C(NC1CCN(Cc2ccc(OC(F)(F)F)cc2)CC1)c1ccc(CN2CC3(CCN(Cc4ccc(C(F)(F)F)cc4)CC3)OC2=O)cc1. The highest BCUT2D eigenvalue weighted by Gasteiger charge is 2.47. The summed E-state index contributed by atoms with van der Waals surface area (Å²) in [7, 11) is 0. The summed E-state index contributed by atoms with van der Waals surface area (Å²) in [5, 5.41) is 3.09. The predicted molar refractivity (Wildman–Crippen MR) is 171 cm³/mol. The largest absolute Gasteiger partial charge is 0.573 e. The second kappa shape index (κ2) is 14.5. The molecule has 0 radical (unpaired) electrons. The molecule has 50 heavy (non-hydrogen) atoms. The van der Waals surface area contributed by atoms with Crippen molar-refractivity contribution in [2.45, 2.75) is 69.5 Å². The van der Waals surface area contributed by atoms with Gasteiger partial charge in [-0.15, -0.1) is 13.2 Å². The van der Waals surface area contributed by atoms with Crippen LogP contribution in [0, 0.1) is 0 Å². The van der Waals surface area contributed by atoms with E-state index in [-0.39, 0.29) is 23.8 Å². The minimum atomic E-state index is -4.72. The number of benzene rings is 3. The summed E-state index contributed by atoms with van der Waals surface area (Å²) in [6.07, 6.45) is -6.74. The average molecular weight is 705 g/mol. The first-order valence-electron chi connectivity index (χ1n) is 16.6. The molecule has 6 rings (SSSR count). The second-order valence-corrected chi connectivity index (χ2v) is 13.3. The Labute approximate surface area is 285 Å². The number of halogens is 6. The number of rotatable bonds is 9. The number of ether oxygens (including phenoxy) is 2. The number of nitrogens with zero attached hydrogens (tertiary/aromatic N) is 3. The summed E-state index contributed by atoms with van der Waals surface area (Å²) in [5.74, 6) is -0.437. The highest BCUT2D eigenvalue weighted by molar-refractivity contribution is 5.94. The first-order chi connectivity index (χ1) is 23.7. The van der Waals surface area contributed by atoms with E-state index >= 15 is 0 Å². The Morgan fingerprint density at radius 3 is 1.84 bits per heavy atom. The van der Waals surface area contributed by atoms with Gasteiger partial charge in [-0.2, -0.15) is 13.2 Å². The van der Waals surface area contributed by atoms with Crippen molar-refractivity contribution in [3.63, 3.8) is 0 Å².